The van der Waals surface area contributed by atoms with Crippen molar-refractivity contribution in [2.75, 3.05) is 0 Å². The van der Waals surface area contributed by atoms with Crippen molar-refractivity contribution in [3.8, 4) is 11.1 Å². The molecule has 0 amide bonds. The zero-order valence-electron chi connectivity index (χ0n) is 11.6. The topological polar surface area (TPSA) is 13.1 Å². The van der Waals surface area contributed by atoms with E-state index in [1.165, 1.54) is 11.1 Å². The molecule has 0 aliphatic carbocycles. The Morgan fingerprint density at radius 1 is 0.476 bits per heavy atom. The number of hydrogen-bond acceptors (Lipinski definition) is 1. The molecule has 0 radical (unpaired) electrons. The summed E-state index contributed by atoms with van der Waals surface area (Å²) in [6, 6.07) is 30.7. The van der Waals surface area contributed by atoms with Crippen LogP contribution in [0.25, 0.3) is 22.1 Å². The lowest BCUT2D eigenvalue weighted by Gasteiger charge is -1.98. The third kappa shape index (κ3) is 3.40. The molecule has 0 atom stereocenters. The van der Waals surface area contributed by atoms with Crippen LogP contribution in [0.3, 0.4) is 0 Å². The fourth-order valence-corrected chi connectivity index (χ4v) is 2.17. The first-order valence-electron chi connectivity index (χ1n) is 6.96. The van der Waals surface area contributed by atoms with E-state index in [4.69, 9.17) is 4.42 Å². The summed E-state index contributed by atoms with van der Waals surface area (Å²) < 4.78 is 5.12. The van der Waals surface area contributed by atoms with Gasteiger partial charge in [-0.05, 0) is 23.3 Å². The molecule has 0 saturated carbocycles. The average Bonchev–Trinajstić information content (AvgIpc) is 3.06. The Hall–Kier alpha value is -2.80. The number of benzene rings is 3. The molecule has 1 aromatic heterocycles. The summed E-state index contributed by atoms with van der Waals surface area (Å²) in [5.74, 6) is 0. The minimum Gasteiger partial charge on any atom is -0.464 e. The molecular weight excluding hydrogens is 256 g/mol. The lowest BCUT2D eigenvalue weighted by Crippen LogP contribution is -1.73. The Morgan fingerprint density at radius 3 is 1.57 bits per heavy atom. The smallest absolute Gasteiger partial charge is 0.133 e. The maximum absolute atomic E-state index is 5.12. The summed E-state index contributed by atoms with van der Waals surface area (Å²) in [4.78, 5) is 0. The van der Waals surface area contributed by atoms with E-state index < -0.39 is 0 Å². The van der Waals surface area contributed by atoms with Gasteiger partial charge in [-0.3, -0.25) is 0 Å². The normalized spacial score (nSPS) is 9.90. The molecule has 0 N–H and O–H groups in total. The fourth-order valence-electron chi connectivity index (χ4n) is 2.17. The standard InChI is InChI=1S/C12H10.C8H6O/c1-3-7-11(8-4-1)12-9-5-2-6-10-12;1-2-4-8-7(3-1)5-6-9-8/h1-10H;1-6H. The Morgan fingerprint density at radius 2 is 1.00 bits per heavy atom. The molecule has 21 heavy (non-hydrogen) atoms. The molecule has 1 nitrogen and oxygen atoms in total. The molecule has 4 rings (SSSR count). The van der Waals surface area contributed by atoms with Crippen LogP contribution in [0.1, 0.15) is 0 Å². The largest absolute Gasteiger partial charge is 0.464 e. The van der Waals surface area contributed by atoms with Gasteiger partial charge in [0.2, 0.25) is 0 Å². The van der Waals surface area contributed by atoms with E-state index in [2.05, 4.69) is 48.5 Å². The van der Waals surface area contributed by atoms with Gasteiger partial charge in [0.1, 0.15) is 5.58 Å². The first-order valence-corrected chi connectivity index (χ1v) is 6.96. The minimum absolute atomic E-state index is 0.956. The number of para-hydroxylation sites is 1. The van der Waals surface area contributed by atoms with Gasteiger partial charge in [0.25, 0.3) is 0 Å². The van der Waals surface area contributed by atoms with E-state index in [1.807, 2.05) is 42.5 Å². The molecule has 0 spiro atoms. The minimum atomic E-state index is 0.956. The van der Waals surface area contributed by atoms with Gasteiger partial charge in [0.15, 0.2) is 0 Å². The quantitative estimate of drug-likeness (QED) is 0.427. The summed E-state index contributed by atoms with van der Waals surface area (Å²) in [5.41, 5.74) is 3.51. The van der Waals surface area contributed by atoms with Gasteiger partial charge in [-0.2, -0.15) is 0 Å². The molecule has 0 aliphatic rings. The zero-order valence-corrected chi connectivity index (χ0v) is 11.6. The van der Waals surface area contributed by atoms with Crippen molar-refractivity contribution in [3.05, 3.63) is 97.3 Å². The zero-order chi connectivity index (χ0) is 14.3. The van der Waals surface area contributed by atoms with Crippen LogP contribution in [0.2, 0.25) is 0 Å². The lowest BCUT2D eigenvalue weighted by molar-refractivity contribution is 0.616. The van der Waals surface area contributed by atoms with Crippen molar-refractivity contribution in [1.82, 2.24) is 0 Å². The second-order valence-corrected chi connectivity index (χ2v) is 4.69. The summed E-state index contributed by atoms with van der Waals surface area (Å²) in [6.07, 6.45) is 1.70. The van der Waals surface area contributed by atoms with Gasteiger partial charge in [0, 0.05) is 5.39 Å². The Balaban J connectivity index is 0.000000131. The molecule has 4 aromatic rings. The van der Waals surface area contributed by atoms with Crippen LogP contribution in [0.5, 0.6) is 0 Å². The van der Waals surface area contributed by atoms with E-state index in [9.17, 15) is 0 Å². The van der Waals surface area contributed by atoms with Gasteiger partial charge in [-0.25, -0.2) is 0 Å². The van der Waals surface area contributed by atoms with Crippen LogP contribution in [0, 0.1) is 0 Å². The first-order chi connectivity index (χ1) is 10.4. The molecular formula is C20H16O. The summed E-state index contributed by atoms with van der Waals surface area (Å²) in [5, 5.41) is 1.16. The van der Waals surface area contributed by atoms with Gasteiger partial charge in [0.05, 0.1) is 6.26 Å². The van der Waals surface area contributed by atoms with Gasteiger partial charge in [-0.1, -0.05) is 78.9 Å². The summed E-state index contributed by atoms with van der Waals surface area (Å²) >= 11 is 0. The number of rotatable bonds is 1. The number of hydrogen-bond donors (Lipinski definition) is 0. The third-order valence-corrected chi connectivity index (χ3v) is 3.24. The monoisotopic (exact) mass is 272 g/mol. The molecule has 3 aromatic carbocycles. The van der Waals surface area contributed by atoms with Crippen molar-refractivity contribution in [2.24, 2.45) is 0 Å². The summed E-state index contributed by atoms with van der Waals surface area (Å²) in [7, 11) is 0. The van der Waals surface area contributed by atoms with Crippen molar-refractivity contribution in [3.63, 3.8) is 0 Å². The Bertz CT molecular complexity index is 718. The predicted octanol–water partition coefficient (Wildman–Crippen LogP) is 5.79. The van der Waals surface area contributed by atoms with Crippen molar-refractivity contribution >= 4 is 11.0 Å². The van der Waals surface area contributed by atoms with E-state index >= 15 is 0 Å². The van der Waals surface area contributed by atoms with Crippen molar-refractivity contribution in [2.45, 2.75) is 0 Å². The Labute approximate surface area is 124 Å². The van der Waals surface area contributed by atoms with E-state index in [-0.39, 0.29) is 0 Å². The number of furan rings is 1. The van der Waals surface area contributed by atoms with E-state index in [0.29, 0.717) is 0 Å². The molecule has 1 heteroatoms. The second-order valence-electron chi connectivity index (χ2n) is 4.69. The molecule has 102 valence electrons. The molecule has 0 fully saturated rings. The molecule has 0 saturated heterocycles. The van der Waals surface area contributed by atoms with Gasteiger partial charge >= 0.3 is 0 Å². The number of fused-ring (bicyclic) bond motifs is 1. The van der Waals surface area contributed by atoms with Crippen LogP contribution in [-0.4, -0.2) is 0 Å². The van der Waals surface area contributed by atoms with Gasteiger partial charge < -0.3 is 4.42 Å². The molecule has 0 unspecified atom stereocenters. The molecule has 1 heterocycles. The highest BCUT2D eigenvalue weighted by molar-refractivity contribution is 5.76. The third-order valence-electron chi connectivity index (χ3n) is 3.24. The average molecular weight is 272 g/mol. The first kappa shape index (κ1) is 13.2. The second kappa shape index (κ2) is 6.58. The van der Waals surface area contributed by atoms with Crippen LogP contribution in [0.15, 0.2) is 102 Å². The maximum atomic E-state index is 5.12. The van der Waals surface area contributed by atoms with Crippen LogP contribution >= 0.6 is 0 Å². The highest BCUT2D eigenvalue weighted by Crippen LogP contribution is 2.17. The van der Waals surface area contributed by atoms with Crippen molar-refractivity contribution in [1.29, 1.82) is 0 Å². The van der Waals surface area contributed by atoms with E-state index in [1.54, 1.807) is 6.26 Å². The van der Waals surface area contributed by atoms with Crippen LogP contribution in [-0.2, 0) is 0 Å². The van der Waals surface area contributed by atoms with E-state index in [0.717, 1.165) is 11.0 Å². The highest BCUT2D eigenvalue weighted by Gasteiger charge is 1.92. The summed E-state index contributed by atoms with van der Waals surface area (Å²) in [6.45, 7) is 0. The lowest BCUT2D eigenvalue weighted by atomic mass is 10.1. The maximum Gasteiger partial charge on any atom is 0.133 e. The fraction of sp³-hybridized carbons (Fsp3) is 0. The molecule has 0 aliphatic heterocycles. The SMILES string of the molecule is c1ccc(-c2ccccc2)cc1.c1ccc2occc2c1. The Kier molecular flexibility index (Phi) is 4.13. The van der Waals surface area contributed by atoms with Crippen LogP contribution < -0.4 is 0 Å². The van der Waals surface area contributed by atoms with Crippen LogP contribution in [0.4, 0.5) is 0 Å². The predicted molar refractivity (Wildman–Crippen MR) is 88.1 cm³/mol. The molecule has 0 bridgehead atoms. The van der Waals surface area contributed by atoms with Crippen molar-refractivity contribution < 1.29 is 4.42 Å². The highest BCUT2D eigenvalue weighted by atomic mass is 16.3. The van der Waals surface area contributed by atoms with Gasteiger partial charge in [-0.15, -0.1) is 0 Å².